The molecule has 0 aromatic carbocycles. The molecule has 0 saturated carbocycles. The highest BCUT2D eigenvalue weighted by Gasteiger charge is 1.97. The molecule has 13 heavy (non-hydrogen) atoms. The Kier molecular flexibility index (Phi) is 3.43. The second kappa shape index (κ2) is 4.86. The summed E-state index contributed by atoms with van der Waals surface area (Å²) in [7, 11) is 0. The molecule has 0 unspecified atom stereocenters. The minimum atomic E-state index is 0.476. The van der Waals surface area contributed by atoms with Gasteiger partial charge in [-0.25, -0.2) is 4.79 Å². The lowest BCUT2D eigenvalue weighted by molar-refractivity contribution is -0.104. The first-order valence-electron chi connectivity index (χ1n) is 3.80. The van der Waals surface area contributed by atoms with Crippen LogP contribution in [0.3, 0.4) is 0 Å². The third kappa shape index (κ3) is 2.55. The summed E-state index contributed by atoms with van der Waals surface area (Å²) in [6.07, 6.45) is 12.4. The molecule has 1 rings (SSSR count). The largest absolute Gasteiger partial charge is 0.298 e. The topological polar surface area (TPSA) is 34.1 Å². The standard InChI is InChI=1S/C11H8O2/c12-8-7-10-5-3-1-2-4-6-11(10)9-13/h1-7,9H/b2-1-,3-1?,4-2?,5-3-,6-4-,10-5?,11-6?,11-10-. The van der Waals surface area contributed by atoms with Crippen molar-refractivity contribution in [2.24, 2.45) is 0 Å². The average Bonchev–Trinajstić information content (AvgIpc) is 2.10. The van der Waals surface area contributed by atoms with E-state index in [1.807, 2.05) is 6.08 Å². The normalized spacial score (nSPS) is 27.7. The lowest BCUT2D eigenvalue weighted by Crippen LogP contribution is -1.86. The van der Waals surface area contributed by atoms with Crippen LogP contribution in [0.1, 0.15) is 0 Å². The van der Waals surface area contributed by atoms with Crippen LogP contribution in [0.2, 0.25) is 0 Å². The van der Waals surface area contributed by atoms with Crippen molar-refractivity contribution < 1.29 is 9.59 Å². The highest BCUT2D eigenvalue weighted by Crippen LogP contribution is 2.08. The molecule has 0 aromatic rings. The van der Waals surface area contributed by atoms with E-state index in [4.69, 9.17) is 0 Å². The van der Waals surface area contributed by atoms with Gasteiger partial charge < -0.3 is 0 Å². The van der Waals surface area contributed by atoms with Crippen molar-refractivity contribution in [2.75, 3.05) is 0 Å². The summed E-state index contributed by atoms with van der Waals surface area (Å²) in [6, 6.07) is 0. The molecule has 0 spiro atoms. The van der Waals surface area contributed by atoms with E-state index in [9.17, 15) is 9.59 Å². The lowest BCUT2D eigenvalue weighted by atomic mass is 10.1. The molecule has 2 nitrogen and oxygen atoms in total. The maximum absolute atomic E-state index is 10.6. The van der Waals surface area contributed by atoms with Gasteiger partial charge >= 0.3 is 0 Å². The third-order valence-corrected chi connectivity index (χ3v) is 1.56. The van der Waals surface area contributed by atoms with E-state index in [1.165, 1.54) is 6.08 Å². The fraction of sp³-hybridized carbons (Fsp3) is 0. The summed E-state index contributed by atoms with van der Waals surface area (Å²) in [5, 5.41) is 0. The first kappa shape index (κ1) is 9.17. The van der Waals surface area contributed by atoms with Gasteiger partial charge in [0.2, 0.25) is 0 Å². The molecule has 0 aromatic heterocycles. The molecule has 2 heteroatoms. The summed E-state index contributed by atoms with van der Waals surface area (Å²) in [4.78, 5) is 20.7. The molecule has 1 aliphatic carbocycles. The van der Waals surface area contributed by atoms with Gasteiger partial charge in [0.15, 0.2) is 6.29 Å². The van der Waals surface area contributed by atoms with Crippen molar-refractivity contribution in [1.29, 1.82) is 0 Å². The smallest absolute Gasteiger partial charge is 0.150 e. The maximum atomic E-state index is 10.6. The monoisotopic (exact) mass is 172 g/mol. The van der Waals surface area contributed by atoms with E-state index in [-0.39, 0.29) is 0 Å². The zero-order valence-electron chi connectivity index (χ0n) is 6.94. The van der Waals surface area contributed by atoms with Gasteiger partial charge in [-0.1, -0.05) is 36.5 Å². The van der Waals surface area contributed by atoms with Crippen molar-refractivity contribution in [3.63, 3.8) is 0 Å². The summed E-state index contributed by atoms with van der Waals surface area (Å²) in [5.41, 5.74) is 1.05. The van der Waals surface area contributed by atoms with E-state index >= 15 is 0 Å². The predicted molar refractivity (Wildman–Crippen MR) is 50.8 cm³/mol. The Hall–Kier alpha value is -1.92. The Labute approximate surface area is 76.3 Å². The zero-order chi connectivity index (χ0) is 9.52. The number of rotatable bonds is 2. The van der Waals surface area contributed by atoms with Crippen molar-refractivity contribution >= 4 is 12.2 Å². The Morgan fingerprint density at radius 3 is 2.15 bits per heavy atom. The number of carbonyl (C=O) groups is 1. The van der Waals surface area contributed by atoms with Crippen molar-refractivity contribution in [2.45, 2.75) is 0 Å². The summed E-state index contributed by atoms with van der Waals surface area (Å²) < 4.78 is 0. The average molecular weight is 172 g/mol. The van der Waals surface area contributed by atoms with Crippen LogP contribution in [0.25, 0.3) is 0 Å². The first-order valence-corrected chi connectivity index (χ1v) is 3.80. The quantitative estimate of drug-likeness (QED) is 0.468. The predicted octanol–water partition coefficient (Wildman–Crippen LogP) is 1.55. The number of aldehydes is 1. The number of hydrogen-bond donors (Lipinski definition) is 0. The van der Waals surface area contributed by atoms with Crippen LogP contribution in [0.5, 0.6) is 0 Å². The van der Waals surface area contributed by atoms with Crippen LogP contribution in [-0.2, 0) is 9.59 Å². The van der Waals surface area contributed by atoms with Crippen molar-refractivity contribution in [1.82, 2.24) is 0 Å². The summed E-state index contributed by atoms with van der Waals surface area (Å²) in [6.45, 7) is 0. The van der Waals surface area contributed by atoms with Crippen molar-refractivity contribution in [3.05, 3.63) is 53.7 Å². The molecule has 1 aliphatic rings. The molecule has 0 bridgehead atoms. The van der Waals surface area contributed by atoms with Crippen LogP contribution in [0, 0.1) is 0 Å². The van der Waals surface area contributed by atoms with Crippen LogP contribution in [0.15, 0.2) is 53.7 Å². The van der Waals surface area contributed by atoms with Crippen LogP contribution >= 0.6 is 0 Å². The Morgan fingerprint density at radius 1 is 1.00 bits per heavy atom. The highest BCUT2D eigenvalue weighted by atomic mass is 16.1. The third-order valence-electron chi connectivity index (χ3n) is 1.56. The highest BCUT2D eigenvalue weighted by molar-refractivity contribution is 5.82. The molecular weight excluding hydrogens is 164 g/mol. The fourth-order valence-corrected chi connectivity index (χ4v) is 0.941. The maximum Gasteiger partial charge on any atom is 0.150 e. The molecule has 0 saturated heterocycles. The summed E-state index contributed by atoms with van der Waals surface area (Å²) >= 11 is 0. The Morgan fingerprint density at radius 2 is 1.62 bits per heavy atom. The molecule has 0 N–H and O–H groups in total. The van der Waals surface area contributed by atoms with E-state index in [1.54, 1.807) is 36.3 Å². The Bertz CT molecular complexity index is 362. The second-order valence-corrected chi connectivity index (χ2v) is 2.39. The van der Waals surface area contributed by atoms with Crippen LogP contribution in [-0.4, -0.2) is 12.2 Å². The summed E-state index contributed by atoms with van der Waals surface area (Å²) in [5.74, 6) is 1.65. The number of carbonyl (C=O) groups excluding carboxylic acids is 2. The molecule has 0 amide bonds. The van der Waals surface area contributed by atoms with Gasteiger partial charge in [-0.15, -0.1) is 0 Å². The van der Waals surface area contributed by atoms with Gasteiger partial charge in [-0.2, -0.15) is 0 Å². The van der Waals surface area contributed by atoms with Crippen LogP contribution in [0.4, 0.5) is 0 Å². The first-order chi connectivity index (χ1) is 6.38. The minimum absolute atomic E-state index is 0.476. The van der Waals surface area contributed by atoms with Gasteiger partial charge in [0, 0.05) is 11.6 Å². The van der Waals surface area contributed by atoms with E-state index in [0.717, 1.165) is 0 Å². The number of hydrogen-bond acceptors (Lipinski definition) is 2. The SMILES string of the molecule is O=C=CC1=C(C=O)/C=C\C=C/C=C\1. The fourth-order valence-electron chi connectivity index (χ4n) is 0.941. The molecule has 0 radical (unpaired) electrons. The lowest BCUT2D eigenvalue weighted by Gasteiger charge is -1.96. The molecular formula is C11H8O2. The number of allylic oxidation sites excluding steroid dienone is 9. The molecule has 0 heterocycles. The van der Waals surface area contributed by atoms with Crippen molar-refractivity contribution in [3.8, 4) is 0 Å². The Balaban J connectivity index is 3.18. The van der Waals surface area contributed by atoms with Crippen LogP contribution < -0.4 is 0 Å². The van der Waals surface area contributed by atoms with Gasteiger partial charge in [-0.05, 0) is 5.57 Å². The van der Waals surface area contributed by atoms with Gasteiger partial charge in [0.05, 0.1) is 0 Å². The molecule has 64 valence electrons. The molecule has 0 atom stereocenters. The van der Waals surface area contributed by atoms with Gasteiger partial charge in [-0.3, -0.25) is 4.79 Å². The molecule has 0 fully saturated rings. The van der Waals surface area contributed by atoms with Gasteiger partial charge in [0.1, 0.15) is 5.94 Å². The molecule has 0 aliphatic heterocycles. The second-order valence-electron chi connectivity index (χ2n) is 2.39. The van der Waals surface area contributed by atoms with E-state index in [0.29, 0.717) is 17.4 Å². The zero-order valence-corrected chi connectivity index (χ0v) is 6.94. The van der Waals surface area contributed by atoms with Gasteiger partial charge in [0.25, 0.3) is 0 Å². The van der Waals surface area contributed by atoms with E-state index in [2.05, 4.69) is 0 Å². The minimum Gasteiger partial charge on any atom is -0.298 e. The van der Waals surface area contributed by atoms with E-state index < -0.39 is 0 Å².